The lowest BCUT2D eigenvalue weighted by molar-refractivity contribution is 0.559. The van der Waals surface area contributed by atoms with Gasteiger partial charge in [0.2, 0.25) is 5.78 Å². The van der Waals surface area contributed by atoms with E-state index in [0.29, 0.717) is 27.7 Å². The zero-order valence-electron chi connectivity index (χ0n) is 21.0. The fraction of sp³-hybridized carbons (Fsp3) is 0.200. The maximum atomic E-state index is 13.7. The third-order valence-corrected chi connectivity index (χ3v) is 8.37. The number of aromatic nitrogens is 4. The molecule has 0 aliphatic heterocycles. The maximum absolute atomic E-state index is 13.7. The van der Waals surface area contributed by atoms with Crippen LogP contribution < -0.4 is 11.2 Å². The van der Waals surface area contributed by atoms with Gasteiger partial charge in [0, 0.05) is 17.2 Å². The van der Waals surface area contributed by atoms with E-state index < -0.39 is 0 Å². The third-order valence-electron chi connectivity index (χ3n) is 7.39. The van der Waals surface area contributed by atoms with Gasteiger partial charge in [0.1, 0.15) is 5.58 Å². The summed E-state index contributed by atoms with van der Waals surface area (Å²) in [4.78, 5) is 26.1. The lowest BCUT2D eigenvalue weighted by Gasteiger charge is -2.14. The molecule has 0 amide bonds. The second-order valence-electron chi connectivity index (χ2n) is 9.92. The quantitative estimate of drug-likeness (QED) is 0.224. The maximum Gasteiger partial charge on any atom is 0.336 e. The molecule has 0 fully saturated rings. The predicted octanol–water partition coefficient (Wildman–Crippen LogP) is 5.54. The van der Waals surface area contributed by atoms with Crippen molar-refractivity contribution in [1.82, 2.24) is 19.2 Å². The van der Waals surface area contributed by atoms with Gasteiger partial charge >= 0.3 is 5.63 Å². The molecule has 0 bridgehead atoms. The first-order chi connectivity index (χ1) is 18.5. The molecule has 1 aliphatic carbocycles. The third kappa shape index (κ3) is 3.59. The van der Waals surface area contributed by atoms with Gasteiger partial charge in [-0.05, 0) is 85.7 Å². The first-order valence-corrected chi connectivity index (χ1v) is 13.6. The molecule has 3 aromatic heterocycles. The molecular weight excluding hydrogens is 496 g/mol. The van der Waals surface area contributed by atoms with Crippen LogP contribution in [0.25, 0.3) is 33.3 Å². The van der Waals surface area contributed by atoms with Gasteiger partial charge in [0.05, 0.1) is 16.6 Å². The summed E-state index contributed by atoms with van der Waals surface area (Å²) in [6.07, 6.45) is 3.20. The van der Waals surface area contributed by atoms with E-state index in [1.165, 1.54) is 22.9 Å². The highest BCUT2D eigenvalue weighted by atomic mass is 32.2. The Morgan fingerprint density at radius 3 is 2.58 bits per heavy atom. The number of hydrogen-bond donors (Lipinski definition) is 0. The molecule has 7 rings (SSSR count). The van der Waals surface area contributed by atoms with E-state index in [-0.39, 0.29) is 11.2 Å². The fourth-order valence-electron chi connectivity index (χ4n) is 5.60. The van der Waals surface area contributed by atoms with Crippen LogP contribution in [0, 0.1) is 13.8 Å². The van der Waals surface area contributed by atoms with Crippen LogP contribution in [-0.4, -0.2) is 19.2 Å². The van der Waals surface area contributed by atoms with E-state index in [0.717, 1.165) is 52.5 Å². The van der Waals surface area contributed by atoms with Gasteiger partial charge in [-0.15, -0.1) is 10.2 Å². The van der Waals surface area contributed by atoms with Crippen molar-refractivity contribution in [2.45, 2.75) is 44.0 Å². The summed E-state index contributed by atoms with van der Waals surface area (Å²) in [5.74, 6) is 0.969. The minimum absolute atomic E-state index is 0.135. The van der Waals surface area contributed by atoms with E-state index in [1.54, 1.807) is 10.6 Å². The first-order valence-electron chi connectivity index (χ1n) is 12.7. The SMILES string of the molecule is Cc1ccc(-n2c(=O)c3ccccc3n3c(SCc4cc(=O)oc5cc6c(cc45)CCC6)nnc23)c(C)c1. The highest BCUT2D eigenvalue weighted by Crippen LogP contribution is 2.32. The van der Waals surface area contributed by atoms with E-state index in [2.05, 4.69) is 22.3 Å². The Balaban J connectivity index is 1.39. The minimum atomic E-state index is -0.355. The summed E-state index contributed by atoms with van der Waals surface area (Å²) < 4.78 is 9.13. The number of nitrogens with zero attached hydrogens (tertiary/aromatic N) is 4. The molecule has 0 saturated heterocycles. The van der Waals surface area contributed by atoms with Crippen LogP contribution in [0.4, 0.5) is 0 Å². The lowest BCUT2D eigenvalue weighted by atomic mass is 10.0. The summed E-state index contributed by atoms with van der Waals surface area (Å²) in [7, 11) is 0. The zero-order valence-corrected chi connectivity index (χ0v) is 21.8. The summed E-state index contributed by atoms with van der Waals surface area (Å²) in [6, 6.07) is 19.3. The molecule has 1 aliphatic rings. The number of benzene rings is 3. The van der Waals surface area contributed by atoms with Gasteiger partial charge in [-0.3, -0.25) is 9.20 Å². The summed E-state index contributed by atoms with van der Waals surface area (Å²) in [5.41, 5.74) is 7.27. The molecule has 0 unspecified atom stereocenters. The Morgan fingerprint density at radius 1 is 0.921 bits per heavy atom. The number of rotatable bonds is 4. The normalized spacial score (nSPS) is 13.1. The number of fused-ring (bicyclic) bond motifs is 5. The molecule has 0 radical (unpaired) electrons. The molecule has 38 heavy (non-hydrogen) atoms. The lowest BCUT2D eigenvalue weighted by Crippen LogP contribution is -2.22. The van der Waals surface area contributed by atoms with Crippen molar-refractivity contribution in [2.24, 2.45) is 0 Å². The van der Waals surface area contributed by atoms with Crippen LogP contribution in [0.1, 0.15) is 34.2 Å². The monoisotopic (exact) mass is 520 g/mol. The Morgan fingerprint density at radius 2 is 1.74 bits per heavy atom. The van der Waals surface area contributed by atoms with Gasteiger partial charge in [-0.25, -0.2) is 9.36 Å². The van der Waals surface area contributed by atoms with Gasteiger partial charge < -0.3 is 4.42 Å². The number of thioether (sulfide) groups is 1. The Hall–Kier alpha value is -4.17. The van der Waals surface area contributed by atoms with E-state index in [9.17, 15) is 9.59 Å². The van der Waals surface area contributed by atoms with E-state index >= 15 is 0 Å². The number of hydrogen-bond acceptors (Lipinski definition) is 6. The molecule has 6 aromatic rings. The van der Waals surface area contributed by atoms with Crippen molar-refractivity contribution in [2.75, 3.05) is 0 Å². The topological polar surface area (TPSA) is 82.4 Å². The van der Waals surface area contributed by atoms with Crippen LogP contribution >= 0.6 is 11.8 Å². The Labute approximate surface area is 221 Å². The highest BCUT2D eigenvalue weighted by molar-refractivity contribution is 7.98. The van der Waals surface area contributed by atoms with E-state index in [1.807, 2.05) is 60.7 Å². The van der Waals surface area contributed by atoms with Crippen molar-refractivity contribution in [3.05, 3.63) is 109 Å². The first kappa shape index (κ1) is 23.0. The average molecular weight is 521 g/mol. The van der Waals surface area contributed by atoms with Crippen LogP contribution in [-0.2, 0) is 18.6 Å². The standard InChI is InChI=1S/C30H24N4O3S/c1-17-10-11-24(18(2)12-17)33-28(36)22-8-3-4-9-25(22)34-29(33)31-32-30(34)38-16-21-15-27(35)37-26-14-20-7-5-6-19(20)13-23(21)26/h3-4,8-15H,5-7,16H2,1-2H3. The molecule has 3 aromatic carbocycles. The summed E-state index contributed by atoms with van der Waals surface area (Å²) in [5, 5.41) is 11.2. The van der Waals surface area contributed by atoms with Crippen LogP contribution in [0.3, 0.4) is 0 Å². The summed E-state index contributed by atoms with van der Waals surface area (Å²) in [6.45, 7) is 4.03. The number of aryl methyl sites for hydroxylation is 4. The van der Waals surface area contributed by atoms with Gasteiger partial charge in [0.15, 0.2) is 5.16 Å². The molecule has 0 atom stereocenters. The van der Waals surface area contributed by atoms with Crippen molar-refractivity contribution < 1.29 is 4.42 Å². The molecule has 188 valence electrons. The van der Waals surface area contributed by atoms with Gasteiger partial charge in [0.25, 0.3) is 5.56 Å². The van der Waals surface area contributed by atoms with E-state index in [4.69, 9.17) is 4.42 Å². The molecule has 3 heterocycles. The van der Waals surface area contributed by atoms with Crippen LogP contribution in [0.15, 0.2) is 79.8 Å². The van der Waals surface area contributed by atoms with Crippen LogP contribution in [0.5, 0.6) is 0 Å². The van der Waals surface area contributed by atoms with Gasteiger partial charge in [-0.1, -0.05) is 41.6 Å². The molecule has 0 spiro atoms. The van der Waals surface area contributed by atoms with Crippen LogP contribution in [0.2, 0.25) is 0 Å². The molecule has 0 saturated carbocycles. The second kappa shape index (κ2) is 8.70. The van der Waals surface area contributed by atoms with Crippen molar-refractivity contribution in [1.29, 1.82) is 0 Å². The minimum Gasteiger partial charge on any atom is -0.423 e. The average Bonchev–Trinajstić information content (AvgIpc) is 3.54. The Kier molecular flexibility index (Phi) is 5.26. The molecule has 7 nitrogen and oxygen atoms in total. The van der Waals surface area contributed by atoms with Crippen molar-refractivity contribution in [3.63, 3.8) is 0 Å². The van der Waals surface area contributed by atoms with Crippen molar-refractivity contribution >= 4 is 39.4 Å². The fourth-order valence-corrected chi connectivity index (χ4v) is 6.53. The molecular formula is C30H24N4O3S. The summed E-state index contributed by atoms with van der Waals surface area (Å²) >= 11 is 1.49. The molecule has 8 heteroatoms. The highest BCUT2D eigenvalue weighted by Gasteiger charge is 2.20. The zero-order chi connectivity index (χ0) is 26.0. The Bertz CT molecular complexity index is 2040. The smallest absolute Gasteiger partial charge is 0.336 e. The number of para-hydroxylation sites is 1. The molecule has 0 N–H and O–H groups in total. The van der Waals surface area contributed by atoms with Crippen molar-refractivity contribution in [3.8, 4) is 5.69 Å². The predicted molar refractivity (Wildman–Crippen MR) is 150 cm³/mol. The second-order valence-corrected chi connectivity index (χ2v) is 10.9. The largest absolute Gasteiger partial charge is 0.423 e. The van der Waals surface area contributed by atoms with Gasteiger partial charge in [-0.2, -0.15) is 0 Å².